The van der Waals surface area contributed by atoms with Crippen molar-refractivity contribution in [2.75, 3.05) is 10.0 Å². The first-order valence-corrected chi connectivity index (χ1v) is 11.4. The Morgan fingerprint density at radius 2 is 1.81 bits per heavy atom. The van der Waals surface area contributed by atoms with Crippen LogP contribution in [-0.2, 0) is 24.3 Å². The fourth-order valence-electron chi connectivity index (χ4n) is 2.55. The Morgan fingerprint density at radius 3 is 2.39 bits per heavy atom. The highest BCUT2D eigenvalue weighted by atomic mass is 32.2. The topological polar surface area (TPSA) is 135 Å². The Hall–Kier alpha value is -3.44. The lowest BCUT2D eigenvalue weighted by atomic mass is 10.1. The van der Waals surface area contributed by atoms with Crippen LogP contribution in [0.5, 0.6) is 0 Å². The van der Waals surface area contributed by atoms with Gasteiger partial charge in [0.1, 0.15) is 6.42 Å². The normalized spacial score (nSPS) is 12.0. The first kappa shape index (κ1) is 22.2. The fourth-order valence-corrected chi connectivity index (χ4v) is 4.34. The Bertz CT molecular complexity index is 1140. The lowest BCUT2D eigenvalue weighted by Gasteiger charge is -2.21. The van der Waals surface area contributed by atoms with Crippen molar-refractivity contribution in [2.24, 2.45) is 0 Å². The van der Waals surface area contributed by atoms with Gasteiger partial charge in [-0.05, 0) is 31.2 Å². The highest BCUT2D eigenvalue weighted by Gasteiger charge is 2.20. The number of hydrogen-bond acceptors (Lipinski definition) is 8. The minimum absolute atomic E-state index is 0.0306. The molecule has 0 saturated carbocycles. The van der Waals surface area contributed by atoms with Gasteiger partial charge in [-0.2, -0.15) is 0 Å². The van der Waals surface area contributed by atoms with E-state index in [0.717, 1.165) is 16.9 Å². The summed E-state index contributed by atoms with van der Waals surface area (Å²) in [7, 11) is -3.80. The van der Waals surface area contributed by atoms with E-state index < -0.39 is 34.6 Å². The maximum atomic E-state index is 12.4. The number of ether oxygens (including phenoxy) is 1. The van der Waals surface area contributed by atoms with Crippen LogP contribution >= 0.6 is 11.3 Å². The van der Waals surface area contributed by atoms with Gasteiger partial charge in [0.05, 0.1) is 4.90 Å². The smallest absolute Gasteiger partial charge is 0.319 e. The zero-order valence-corrected chi connectivity index (χ0v) is 17.9. The first-order valence-electron chi connectivity index (χ1n) is 9.00. The third-order valence-electron chi connectivity index (χ3n) is 4.04. The SMILES string of the molecule is Cc1ccc(C(Nc2ccc(S(=O)(=O)Nc3nccs3)cc2)OC(=O)CC(=O)O)cc1. The van der Waals surface area contributed by atoms with E-state index in [1.165, 1.54) is 30.5 Å². The van der Waals surface area contributed by atoms with Crippen molar-refractivity contribution in [3.63, 3.8) is 0 Å². The van der Waals surface area contributed by atoms with E-state index in [4.69, 9.17) is 9.84 Å². The second kappa shape index (κ2) is 9.58. The maximum Gasteiger partial charge on any atom is 0.319 e. The molecule has 1 heterocycles. The molecule has 0 aliphatic heterocycles. The standard InChI is InChI=1S/C20H19N3O6S2/c1-13-2-4-14(5-3-13)19(29-18(26)12-17(24)25)22-15-6-8-16(9-7-15)31(27,28)23-20-21-10-11-30-20/h2-11,19,22H,12H2,1H3,(H,21,23)(H,24,25). The van der Waals surface area contributed by atoms with E-state index in [1.807, 2.05) is 19.1 Å². The summed E-state index contributed by atoms with van der Waals surface area (Å²) >= 11 is 1.16. The molecule has 1 aromatic heterocycles. The lowest BCUT2D eigenvalue weighted by molar-refractivity contribution is -0.154. The van der Waals surface area contributed by atoms with E-state index in [0.29, 0.717) is 11.3 Å². The van der Waals surface area contributed by atoms with Gasteiger partial charge in [-0.25, -0.2) is 13.4 Å². The highest BCUT2D eigenvalue weighted by molar-refractivity contribution is 7.93. The van der Waals surface area contributed by atoms with E-state index in [1.54, 1.807) is 17.5 Å². The largest absolute Gasteiger partial charge is 0.481 e. The Kier molecular flexibility index (Phi) is 6.88. The number of nitrogens with zero attached hydrogens (tertiary/aromatic N) is 1. The molecule has 31 heavy (non-hydrogen) atoms. The van der Waals surface area contributed by atoms with Gasteiger partial charge in [0.2, 0.25) is 0 Å². The molecule has 0 amide bonds. The summed E-state index contributed by atoms with van der Waals surface area (Å²) in [6, 6.07) is 13.0. The second-order valence-electron chi connectivity index (χ2n) is 6.46. The monoisotopic (exact) mass is 461 g/mol. The van der Waals surface area contributed by atoms with Crippen LogP contribution in [0.15, 0.2) is 65.0 Å². The van der Waals surface area contributed by atoms with E-state index in [2.05, 4.69) is 15.0 Å². The molecule has 0 aliphatic carbocycles. The number of esters is 1. The van der Waals surface area contributed by atoms with E-state index in [-0.39, 0.29) is 10.0 Å². The Balaban J connectivity index is 1.78. The molecule has 9 nitrogen and oxygen atoms in total. The summed E-state index contributed by atoms with van der Waals surface area (Å²) in [4.78, 5) is 26.6. The van der Waals surface area contributed by atoms with Crippen LogP contribution in [0.2, 0.25) is 0 Å². The van der Waals surface area contributed by atoms with Crippen LogP contribution in [0.1, 0.15) is 23.8 Å². The summed E-state index contributed by atoms with van der Waals surface area (Å²) in [6.45, 7) is 1.90. The molecule has 3 N–H and O–H groups in total. The number of sulfonamides is 1. The molecule has 2 aromatic carbocycles. The molecule has 3 rings (SSSR count). The number of aliphatic carboxylic acids is 1. The molecule has 0 fully saturated rings. The predicted octanol–water partition coefficient (Wildman–Crippen LogP) is 3.38. The van der Waals surface area contributed by atoms with Crippen molar-refractivity contribution in [3.05, 3.63) is 71.2 Å². The number of carbonyl (C=O) groups excluding carboxylic acids is 1. The minimum atomic E-state index is -3.80. The number of anilines is 2. The van der Waals surface area contributed by atoms with Crippen molar-refractivity contribution in [1.29, 1.82) is 0 Å². The first-order chi connectivity index (χ1) is 14.7. The van der Waals surface area contributed by atoms with Crippen LogP contribution in [-0.4, -0.2) is 30.4 Å². The number of aryl methyl sites for hydroxylation is 1. The molecule has 162 valence electrons. The number of rotatable bonds is 9. The number of carboxylic acids is 1. The third kappa shape index (κ3) is 6.27. The van der Waals surface area contributed by atoms with Crippen LogP contribution < -0.4 is 10.0 Å². The summed E-state index contributed by atoms with van der Waals surface area (Å²) in [5.74, 6) is -2.20. The zero-order chi connectivity index (χ0) is 22.4. The predicted molar refractivity (Wildman–Crippen MR) is 115 cm³/mol. The Labute approximate surface area is 182 Å². The molecular formula is C20H19N3O6S2. The van der Waals surface area contributed by atoms with Gasteiger partial charge in [0.15, 0.2) is 11.4 Å². The van der Waals surface area contributed by atoms with Gasteiger partial charge in [-0.3, -0.25) is 14.3 Å². The minimum Gasteiger partial charge on any atom is -0.481 e. The molecule has 3 aromatic rings. The molecule has 0 bridgehead atoms. The van der Waals surface area contributed by atoms with Crippen molar-refractivity contribution < 1.29 is 27.9 Å². The molecular weight excluding hydrogens is 442 g/mol. The number of hydrogen-bond donors (Lipinski definition) is 3. The van der Waals surface area contributed by atoms with Crippen LogP contribution in [0.4, 0.5) is 10.8 Å². The van der Waals surface area contributed by atoms with Crippen LogP contribution in [0, 0.1) is 6.92 Å². The van der Waals surface area contributed by atoms with Crippen LogP contribution in [0.3, 0.4) is 0 Å². The molecule has 0 spiro atoms. The maximum absolute atomic E-state index is 12.4. The average molecular weight is 462 g/mol. The van der Waals surface area contributed by atoms with Crippen molar-refractivity contribution in [2.45, 2.75) is 24.5 Å². The number of carboxylic acid groups (broad SMARTS) is 1. The average Bonchev–Trinajstić information content (AvgIpc) is 3.20. The van der Waals surface area contributed by atoms with Crippen molar-refractivity contribution in [1.82, 2.24) is 4.98 Å². The molecule has 0 radical (unpaired) electrons. The summed E-state index contributed by atoms with van der Waals surface area (Å²) in [6.07, 6.45) is -0.237. The zero-order valence-electron chi connectivity index (χ0n) is 16.3. The van der Waals surface area contributed by atoms with Gasteiger partial charge in [-0.15, -0.1) is 11.3 Å². The van der Waals surface area contributed by atoms with Gasteiger partial charge in [0.25, 0.3) is 10.0 Å². The molecule has 1 unspecified atom stereocenters. The molecule has 1 atom stereocenters. The summed E-state index contributed by atoms with van der Waals surface area (Å²) in [5.41, 5.74) is 2.08. The van der Waals surface area contributed by atoms with Crippen molar-refractivity contribution >= 4 is 44.1 Å². The van der Waals surface area contributed by atoms with Crippen LogP contribution in [0.25, 0.3) is 0 Å². The number of benzene rings is 2. The third-order valence-corrected chi connectivity index (χ3v) is 6.21. The second-order valence-corrected chi connectivity index (χ2v) is 9.04. The van der Waals surface area contributed by atoms with Gasteiger partial charge in [0, 0.05) is 22.8 Å². The van der Waals surface area contributed by atoms with E-state index >= 15 is 0 Å². The quantitative estimate of drug-likeness (QED) is 0.251. The fraction of sp³-hybridized carbons (Fsp3) is 0.150. The van der Waals surface area contributed by atoms with E-state index in [9.17, 15) is 18.0 Å². The summed E-state index contributed by atoms with van der Waals surface area (Å²) < 4.78 is 32.6. The Morgan fingerprint density at radius 1 is 1.13 bits per heavy atom. The summed E-state index contributed by atoms with van der Waals surface area (Å²) in [5, 5.41) is 13.7. The van der Waals surface area contributed by atoms with Gasteiger partial charge < -0.3 is 15.2 Å². The number of carbonyl (C=O) groups is 2. The molecule has 0 aliphatic rings. The lowest BCUT2D eigenvalue weighted by Crippen LogP contribution is -2.20. The molecule has 0 saturated heterocycles. The van der Waals surface area contributed by atoms with Gasteiger partial charge >= 0.3 is 11.9 Å². The number of nitrogens with one attached hydrogen (secondary N) is 2. The highest BCUT2D eigenvalue weighted by Crippen LogP contribution is 2.24. The molecule has 11 heteroatoms. The van der Waals surface area contributed by atoms with Gasteiger partial charge in [-0.1, -0.05) is 29.8 Å². The number of aromatic nitrogens is 1. The number of thiazole rings is 1. The van der Waals surface area contributed by atoms with Crippen molar-refractivity contribution in [3.8, 4) is 0 Å².